The molecule has 4 rings (SSSR count). The van der Waals surface area contributed by atoms with Gasteiger partial charge in [0.25, 0.3) is 5.56 Å². The van der Waals surface area contributed by atoms with Gasteiger partial charge in [-0.2, -0.15) is 0 Å². The van der Waals surface area contributed by atoms with Gasteiger partial charge in [0, 0.05) is 36.0 Å². The molecule has 1 fully saturated rings. The van der Waals surface area contributed by atoms with E-state index in [1.165, 1.54) is 0 Å². The number of benzene rings is 1. The van der Waals surface area contributed by atoms with E-state index in [9.17, 15) is 9.90 Å². The van der Waals surface area contributed by atoms with E-state index in [2.05, 4.69) is 15.5 Å². The Labute approximate surface area is 149 Å². The van der Waals surface area contributed by atoms with Crippen LogP contribution in [0.15, 0.2) is 46.0 Å². The van der Waals surface area contributed by atoms with Gasteiger partial charge in [-0.15, -0.1) is 0 Å². The van der Waals surface area contributed by atoms with Gasteiger partial charge in [-0.05, 0) is 37.6 Å². The number of rotatable bonds is 3. The number of aromatic nitrogens is 3. The van der Waals surface area contributed by atoms with Crippen molar-refractivity contribution >= 4 is 5.82 Å². The molecule has 0 amide bonds. The van der Waals surface area contributed by atoms with E-state index in [1.807, 2.05) is 0 Å². The number of hydrogen-bond acceptors (Lipinski definition) is 7. The third-order valence-corrected chi connectivity index (χ3v) is 4.62. The van der Waals surface area contributed by atoms with E-state index in [1.54, 1.807) is 41.2 Å². The van der Waals surface area contributed by atoms with Crippen molar-refractivity contribution in [2.75, 3.05) is 18.8 Å². The summed E-state index contributed by atoms with van der Waals surface area (Å²) in [6, 6.07) is 6.77. The Kier molecular flexibility index (Phi) is 4.18. The Morgan fingerprint density at radius 2 is 2.23 bits per heavy atom. The molecular formula is C18H19N5O3. The fourth-order valence-corrected chi connectivity index (χ4v) is 3.26. The molecule has 1 unspecified atom stereocenters. The summed E-state index contributed by atoms with van der Waals surface area (Å²) in [5.41, 5.74) is 7.22. The van der Waals surface area contributed by atoms with Gasteiger partial charge in [0.2, 0.25) is 0 Å². The third kappa shape index (κ3) is 2.95. The molecule has 1 atom stereocenters. The number of phenolic OH excluding ortho intramolecular Hbond substituents is 1. The van der Waals surface area contributed by atoms with Crippen molar-refractivity contribution in [3.8, 4) is 28.3 Å². The average Bonchev–Trinajstić information content (AvgIpc) is 3.20. The molecule has 1 aromatic carbocycles. The number of phenols is 1. The van der Waals surface area contributed by atoms with Crippen LogP contribution < -0.4 is 16.6 Å². The average molecular weight is 353 g/mol. The lowest BCUT2D eigenvalue weighted by Gasteiger charge is -2.25. The van der Waals surface area contributed by atoms with Crippen LogP contribution in [0.2, 0.25) is 0 Å². The molecule has 1 saturated heterocycles. The van der Waals surface area contributed by atoms with E-state index >= 15 is 0 Å². The largest absolute Gasteiger partial charge is 0.507 e. The summed E-state index contributed by atoms with van der Waals surface area (Å²) in [6.07, 6.45) is 5.09. The van der Waals surface area contributed by atoms with Crippen LogP contribution in [-0.2, 0) is 0 Å². The maximum atomic E-state index is 12.5. The molecule has 0 saturated carbocycles. The van der Waals surface area contributed by atoms with Gasteiger partial charge in [-0.1, -0.05) is 5.16 Å². The molecule has 0 spiro atoms. The fourth-order valence-electron chi connectivity index (χ4n) is 3.26. The fraction of sp³-hybridized carbons (Fsp3) is 0.278. The zero-order chi connectivity index (χ0) is 18.1. The van der Waals surface area contributed by atoms with E-state index < -0.39 is 0 Å². The molecule has 1 aliphatic heterocycles. The highest BCUT2D eigenvalue weighted by Gasteiger charge is 2.20. The monoisotopic (exact) mass is 353 g/mol. The predicted octanol–water partition coefficient (Wildman–Crippen LogP) is 1.78. The second-order valence-corrected chi connectivity index (χ2v) is 6.33. The van der Waals surface area contributed by atoms with Gasteiger partial charge < -0.3 is 25.2 Å². The second-order valence-electron chi connectivity index (χ2n) is 6.33. The molecule has 134 valence electrons. The topological polar surface area (TPSA) is 119 Å². The summed E-state index contributed by atoms with van der Waals surface area (Å²) < 4.78 is 6.79. The third-order valence-electron chi connectivity index (χ3n) is 4.62. The van der Waals surface area contributed by atoms with Gasteiger partial charge in [-0.25, -0.2) is 4.98 Å². The van der Waals surface area contributed by atoms with Gasteiger partial charge in [0.15, 0.2) is 11.6 Å². The van der Waals surface area contributed by atoms with Crippen LogP contribution in [0.3, 0.4) is 0 Å². The maximum absolute atomic E-state index is 12.5. The molecule has 0 bridgehead atoms. The van der Waals surface area contributed by atoms with Gasteiger partial charge in [0.05, 0.1) is 11.9 Å². The first-order valence-corrected chi connectivity index (χ1v) is 8.47. The zero-order valence-electron chi connectivity index (χ0n) is 14.1. The second kappa shape index (κ2) is 6.64. The Morgan fingerprint density at radius 3 is 2.96 bits per heavy atom. The van der Waals surface area contributed by atoms with E-state index in [0.717, 1.165) is 24.9 Å². The summed E-state index contributed by atoms with van der Waals surface area (Å²) in [4.78, 5) is 16.7. The first-order chi connectivity index (χ1) is 12.6. The van der Waals surface area contributed by atoms with Crippen molar-refractivity contribution in [1.29, 1.82) is 0 Å². The Balaban J connectivity index is 1.82. The molecule has 0 radical (unpaired) electrons. The van der Waals surface area contributed by atoms with Gasteiger partial charge in [-0.3, -0.25) is 4.79 Å². The molecule has 8 nitrogen and oxygen atoms in total. The Morgan fingerprint density at radius 1 is 1.35 bits per heavy atom. The molecule has 3 heterocycles. The van der Waals surface area contributed by atoms with Gasteiger partial charge >= 0.3 is 0 Å². The zero-order valence-corrected chi connectivity index (χ0v) is 14.1. The molecule has 2 aromatic heterocycles. The molecule has 8 heteroatoms. The Bertz CT molecular complexity index is 975. The molecule has 4 N–H and O–H groups in total. The number of aromatic hydroxyl groups is 1. The van der Waals surface area contributed by atoms with Crippen LogP contribution in [0.4, 0.5) is 5.82 Å². The standard InChI is InChI=1S/C18H19N5O3/c19-17-18(25)23(12-2-1-6-20-9-12)10-14(22-17)13-8-11(3-4-15(13)24)16-5-7-21-26-16/h3-5,7-8,10,12,20,24H,1-2,6,9H2,(H2,19,22). The van der Waals surface area contributed by atoms with Crippen LogP contribution in [-0.4, -0.2) is 32.9 Å². The van der Waals surface area contributed by atoms with Crippen LogP contribution in [0, 0.1) is 0 Å². The number of piperidine rings is 1. The smallest absolute Gasteiger partial charge is 0.293 e. The van der Waals surface area contributed by atoms with E-state index in [0.29, 0.717) is 23.6 Å². The minimum atomic E-state index is -0.312. The van der Waals surface area contributed by atoms with Crippen molar-refractivity contribution in [3.63, 3.8) is 0 Å². The summed E-state index contributed by atoms with van der Waals surface area (Å²) in [5.74, 6) is 0.536. The van der Waals surface area contributed by atoms with Crippen LogP contribution in [0.5, 0.6) is 5.75 Å². The maximum Gasteiger partial charge on any atom is 0.293 e. The molecule has 0 aliphatic carbocycles. The van der Waals surface area contributed by atoms with Crippen LogP contribution in [0.25, 0.3) is 22.6 Å². The van der Waals surface area contributed by atoms with Crippen molar-refractivity contribution in [2.24, 2.45) is 0 Å². The highest BCUT2D eigenvalue weighted by molar-refractivity contribution is 5.74. The molecule has 3 aromatic rings. The normalized spacial score (nSPS) is 17.3. The highest BCUT2D eigenvalue weighted by Crippen LogP contribution is 2.33. The lowest BCUT2D eigenvalue weighted by atomic mass is 10.0. The minimum Gasteiger partial charge on any atom is -0.507 e. The van der Waals surface area contributed by atoms with Crippen molar-refractivity contribution in [1.82, 2.24) is 20.0 Å². The summed E-state index contributed by atoms with van der Waals surface area (Å²) in [7, 11) is 0. The summed E-state index contributed by atoms with van der Waals surface area (Å²) in [5, 5.41) is 17.3. The highest BCUT2D eigenvalue weighted by atomic mass is 16.5. The van der Waals surface area contributed by atoms with E-state index in [4.69, 9.17) is 10.3 Å². The van der Waals surface area contributed by atoms with Gasteiger partial charge in [0.1, 0.15) is 5.75 Å². The SMILES string of the molecule is Nc1nc(-c2cc(-c3ccno3)ccc2O)cn(C2CCCNC2)c1=O. The first-order valence-electron chi connectivity index (χ1n) is 8.47. The van der Waals surface area contributed by atoms with Crippen LogP contribution in [0.1, 0.15) is 18.9 Å². The number of nitrogens with two attached hydrogens (primary N) is 1. The molecule has 1 aliphatic rings. The Hall–Kier alpha value is -3.13. The van der Waals surface area contributed by atoms with Crippen molar-refractivity contribution in [2.45, 2.75) is 18.9 Å². The quantitative estimate of drug-likeness (QED) is 0.656. The molecular weight excluding hydrogens is 334 g/mol. The van der Waals surface area contributed by atoms with Crippen molar-refractivity contribution < 1.29 is 9.63 Å². The lowest BCUT2D eigenvalue weighted by Crippen LogP contribution is -2.37. The van der Waals surface area contributed by atoms with E-state index in [-0.39, 0.29) is 23.2 Å². The number of hydrogen-bond donors (Lipinski definition) is 3. The number of nitrogens with one attached hydrogen (secondary N) is 1. The number of nitrogen functional groups attached to an aromatic ring is 1. The lowest BCUT2D eigenvalue weighted by molar-refractivity contribution is 0.364. The first kappa shape index (κ1) is 16.3. The molecule has 26 heavy (non-hydrogen) atoms. The van der Waals surface area contributed by atoms with Crippen molar-refractivity contribution in [3.05, 3.63) is 47.0 Å². The number of anilines is 1. The number of nitrogens with zero attached hydrogens (tertiary/aromatic N) is 3. The summed E-state index contributed by atoms with van der Waals surface area (Å²) in [6.45, 7) is 1.64. The minimum absolute atomic E-state index is 0.0138. The summed E-state index contributed by atoms with van der Waals surface area (Å²) >= 11 is 0. The van der Waals surface area contributed by atoms with Crippen LogP contribution >= 0.6 is 0 Å². The predicted molar refractivity (Wildman–Crippen MR) is 96.6 cm³/mol.